The molecule has 1 saturated heterocycles. The second-order valence-electron chi connectivity index (χ2n) is 7.24. The van der Waals surface area contributed by atoms with Gasteiger partial charge in [0.25, 0.3) is 5.69 Å². The van der Waals surface area contributed by atoms with Crippen LogP contribution in [0, 0.1) is 16.0 Å². The van der Waals surface area contributed by atoms with E-state index in [9.17, 15) is 14.9 Å². The number of piperidine rings is 1. The number of rotatable bonds is 4. The van der Waals surface area contributed by atoms with Gasteiger partial charge in [0.05, 0.1) is 17.6 Å². The predicted molar refractivity (Wildman–Crippen MR) is 105 cm³/mol. The Morgan fingerprint density at radius 2 is 1.79 bits per heavy atom. The molecule has 1 fully saturated rings. The first kappa shape index (κ1) is 18.3. The molecule has 0 saturated carbocycles. The summed E-state index contributed by atoms with van der Waals surface area (Å²) in [6, 6.07) is 14.6. The van der Waals surface area contributed by atoms with E-state index in [1.807, 2.05) is 35.2 Å². The van der Waals surface area contributed by atoms with Gasteiger partial charge in [-0.3, -0.25) is 14.9 Å². The van der Waals surface area contributed by atoms with Gasteiger partial charge in [0.1, 0.15) is 11.4 Å². The van der Waals surface area contributed by atoms with Crippen molar-refractivity contribution in [1.82, 2.24) is 5.32 Å². The number of fused-ring (bicyclic) bond motifs is 1. The van der Waals surface area contributed by atoms with Gasteiger partial charge in [0.2, 0.25) is 5.91 Å². The zero-order chi connectivity index (χ0) is 19.5. The lowest BCUT2D eigenvalue weighted by molar-refractivity contribution is -0.384. The lowest BCUT2D eigenvalue weighted by Crippen LogP contribution is -2.42. The van der Waals surface area contributed by atoms with Gasteiger partial charge in [-0.25, -0.2) is 0 Å². The van der Waals surface area contributed by atoms with Crippen LogP contribution in [0.2, 0.25) is 0 Å². The van der Waals surface area contributed by atoms with E-state index in [-0.39, 0.29) is 28.5 Å². The quantitative estimate of drug-likeness (QED) is 0.648. The molecule has 1 amide bonds. The monoisotopic (exact) mass is 381 g/mol. The first-order valence-electron chi connectivity index (χ1n) is 9.64. The average Bonchev–Trinajstić information content (AvgIpc) is 2.74. The number of nitro groups is 1. The zero-order valence-corrected chi connectivity index (χ0v) is 15.5. The Bertz CT molecular complexity index is 877. The minimum Gasteiger partial charge on any atom is -0.493 e. The lowest BCUT2D eigenvalue weighted by Gasteiger charge is -2.34. The van der Waals surface area contributed by atoms with E-state index in [1.54, 1.807) is 12.1 Å². The van der Waals surface area contributed by atoms with Gasteiger partial charge in [0.15, 0.2) is 0 Å². The van der Waals surface area contributed by atoms with Gasteiger partial charge in [-0.05, 0) is 25.0 Å². The number of nitrogens with zero attached hydrogens (tertiary/aromatic N) is 2. The summed E-state index contributed by atoms with van der Waals surface area (Å²) in [5, 5.41) is 14.4. The van der Waals surface area contributed by atoms with E-state index >= 15 is 0 Å². The highest BCUT2D eigenvalue weighted by atomic mass is 16.6. The number of nitro benzene ring substituents is 1. The van der Waals surface area contributed by atoms with E-state index in [0.29, 0.717) is 38.2 Å². The maximum atomic E-state index is 12.8. The van der Waals surface area contributed by atoms with Gasteiger partial charge < -0.3 is 15.0 Å². The molecule has 0 spiro atoms. The van der Waals surface area contributed by atoms with Crippen molar-refractivity contribution in [2.24, 2.45) is 5.92 Å². The molecule has 2 aromatic rings. The van der Waals surface area contributed by atoms with Crippen LogP contribution in [0.1, 0.15) is 30.9 Å². The Balaban J connectivity index is 1.38. The van der Waals surface area contributed by atoms with Crippen LogP contribution in [0.4, 0.5) is 11.4 Å². The normalized spacial score (nSPS) is 19.4. The number of para-hydroxylation sites is 3. The zero-order valence-electron chi connectivity index (χ0n) is 15.5. The van der Waals surface area contributed by atoms with Crippen molar-refractivity contribution in [2.45, 2.75) is 25.3 Å². The molecule has 1 N–H and O–H groups in total. The van der Waals surface area contributed by atoms with E-state index < -0.39 is 0 Å². The van der Waals surface area contributed by atoms with Crippen LogP contribution in [0.15, 0.2) is 48.5 Å². The summed E-state index contributed by atoms with van der Waals surface area (Å²) in [5.74, 6) is 0.822. The number of carbonyl (C=O) groups is 1. The summed E-state index contributed by atoms with van der Waals surface area (Å²) in [6.07, 6.45) is 2.13. The molecular formula is C21H23N3O4. The molecule has 0 aromatic heterocycles. The maximum absolute atomic E-state index is 12.8. The third-order valence-electron chi connectivity index (χ3n) is 5.56. The molecule has 2 heterocycles. The van der Waals surface area contributed by atoms with Crippen LogP contribution in [0.5, 0.6) is 5.75 Å². The summed E-state index contributed by atoms with van der Waals surface area (Å²) >= 11 is 0. The molecule has 146 valence electrons. The van der Waals surface area contributed by atoms with Gasteiger partial charge in [-0.2, -0.15) is 0 Å². The van der Waals surface area contributed by atoms with E-state index in [4.69, 9.17) is 4.74 Å². The molecule has 28 heavy (non-hydrogen) atoms. The lowest BCUT2D eigenvalue weighted by atomic mass is 9.93. The Morgan fingerprint density at radius 3 is 2.57 bits per heavy atom. The average molecular weight is 381 g/mol. The van der Waals surface area contributed by atoms with Crippen LogP contribution in [-0.2, 0) is 4.79 Å². The molecule has 0 radical (unpaired) electrons. The first-order chi connectivity index (χ1) is 13.6. The minimum atomic E-state index is -0.350. The summed E-state index contributed by atoms with van der Waals surface area (Å²) in [4.78, 5) is 25.7. The molecule has 1 atom stereocenters. The van der Waals surface area contributed by atoms with Gasteiger partial charge in [0, 0.05) is 37.1 Å². The summed E-state index contributed by atoms with van der Waals surface area (Å²) in [6.45, 7) is 1.86. The van der Waals surface area contributed by atoms with Crippen LogP contribution >= 0.6 is 0 Å². The maximum Gasteiger partial charge on any atom is 0.292 e. The Hall–Kier alpha value is -3.09. The SMILES string of the molecule is O=C(NC1CCOc2ccccc21)C1CCN(c2ccccc2[N+](=O)[O-])CC1. The Morgan fingerprint density at radius 1 is 1.07 bits per heavy atom. The van der Waals surface area contributed by atoms with Crippen LogP contribution in [-0.4, -0.2) is 30.5 Å². The standard InChI is InChI=1S/C21H23N3O4/c25-21(22-17-11-14-28-20-8-4-1-5-16(17)20)15-9-12-23(13-10-15)18-6-2-3-7-19(18)24(26)27/h1-8,15,17H,9-14H2,(H,22,25). The van der Waals surface area contributed by atoms with Gasteiger partial charge in [-0.15, -0.1) is 0 Å². The van der Waals surface area contributed by atoms with Crippen molar-refractivity contribution in [1.29, 1.82) is 0 Å². The Kier molecular flexibility index (Phi) is 5.14. The highest BCUT2D eigenvalue weighted by Gasteiger charge is 2.30. The number of hydrogen-bond donors (Lipinski definition) is 1. The second kappa shape index (κ2) is 7.88. The number of amides is 1. The highest BCUT2D eigenvalue weighted by Crippen LogP contribution is 2.33. The number of ether oxygens (including phenoxy) is 1. The number of benzene rings is 2. The molecule has 2 aromatic carbocycles. The van der Waals surface area contributed by atoms with Gasteiger partial charge in [-0.1, -0.05) is 30.3 Å². The fourth-order valence-electron chi connectivity index (χ4n) is 4.05. The topological polar surface area (TPSA) is 84.7 Å². The summed E-state index contributed by atoms with van der Waals surface area (Å²) in [7, 11) is 0. The second-order valence-corrected chi connectivity index (χ2v) is 7.24. The van der Waals surface area contributed by atoms with Crippen molar-refractivity contribution >= 4 is 17.3 Å². The fourth-order valence-corrected chi connectivity index (χ4v) is 4.05. The molecular weight excluding hydrogens is 358 g/mol. The first-order valence-corrected chi connectivity index (χ1v) is 9.64. The molecule has 0 aliphatic carbocycles. The molecule has 4 rings (SSSR count). The number of carbonyl (C=O) groups excluding carboxylic acids is 1. The molecule has 7 heteroatoms. The summed E-state index contributed by atoms with van der Waals surface area (Å²) < 4.78 is 5.66. The van der Waals surface area contributed by atoms with Crippen molar-refractivity contribution in [3.8, 4) is 5.75 Å². The smallest absolute Gasteiger partial charge is 0.292 e. The van der Waals surface area contributed by atoms with Crippen molar-refractivity contribution in [3.05, 3.63) is 64.2 Å². The van der Waals surface area contributed by atoms with Crippen LogP contribution in [0.3, 0.4) is 0 Å². The van der Waals surface area contributed by atoms with E-state index in [0.717, 1.165) is 17.7 Å². The molecule has 0 bridgehead atoms. The van der Waals surface area contributed by atoms with Crippen LogP contribution < -0.4 is 15.0 Å². The molecule has 2 aliphatic heterocycles. The largest absolute Gasteiger partial charge is 0.493 e. The van der Waals surface area contributed by atoms with E-state index in [2.05, 4.69) is 5.32 Å². The third-order valence-corrected chi connectivity index (χ3v) is 5.56. The highest BCUT2D eigenvalue weighted by molar-refractivity contribution is 5.79. The molecule has 1 unspecified atom stereocenters. The van der Waals surface area contributed by atoms with E-state index in [1.165, 1.54) is 6.07 Å². The summed E-state index contributed by atoms with van der Waals surface area (Å²) in [5.41, 5.74) is 1.77. The molecule has 2 aliphatic rings. The number of anilines is 1. The van der Waals surface area contributed by atoms with Crippen molar-refractivity contribution < 1.29 is 14.5 Å². The minimum absolute atomic E-state index is 0.0225. The van der Waals surface area contributed by atoms with Crippen molar-refractivity contribution in [3.63, 3.8) is 0 Å². The molecule has 7 nitrogen and oxygen atoms in total. The predicted octanol–water partition coefficient (Wildman–Crippen LogP) is 3.45. The Labute approximate surface area is 163 Å². The third kappa shape index (κ3) is 3.65. The number of hydrogen-bond acceptors (Lipinski definition) is 5. The fraction of sp³-hybridized carbons (Fsp3) is 0.381. The van der Waals surface area contributed by atoms with Crippen LogP contribution in [0.25, 0.3) is 0 Å². The number of nitrogens with one attached hydrogen (secondary N) is 1. The van der Waals surface area contributed by atoms with Crippen molar-refractivity contribution in [2.75, 3.05) is 24.6 Å². The van der Waals surface area contributed by atoms with Gasteiger partial charge >= 0.3 is 0 Å².